The molecular weight excluding hydrogens is 458 g/mol. The summed E-state index contributed by atoms with van der Waals surface area (Å²) in [5.41, 5.74) is 2.72. The highest BCUT2D eigenvalue weighted by Gasteiger charge is 2.25. The van der Waals surface area contributed by atoms with Crippen LogP contribution in [0, 0.1) is 0 Å². The zero-order valence-electron chi connectivity index (χ0n) is 18.2. The molecule has 1 aromatic heterocycles. The molecule has 33 heavy (non-hydrogen) atoms. The summed E-state index contributed by atoms with van der Waals surface area (Å²) < 4.78 is 27.4. The maximum Gasteiger partial charge on any atom is 0.271 e. The maximum absolute atomic E-state index is 12.9. The van der Waals surface area contributed by atoms with E-state index in [1.165, 1.54) is 11.6 Å². The molecule has 1 fully saturated rings. The van der Waals surface area contributed by atoms with Crippen molar-refractivity contribution < 1.29 is 18.0 Å². The summed E-state index contributed by atoms with van der Waals surface area (Å²) in [7, 11) is -3.63. The van der Waals surface area contributed by atoms with Crippen LogP contribution in [0.25, 0.3) is 0 Å². The van der Waals surface area contributed by atoms with Crippen molar-refractivity contribution in [2.45, 2.75) is 17.6 Å². The summed E-state index contributed by atoms with van der Waals surface area (Å²) in [6.07, 6.45) is 0.927. The van der Waals surface area contributed by atoms with Gasteiger partial charge in [0.15, 0.2) is 0 Å². The molecule has 2 amide bonds. The molecule has 2 aromatic carbocycles. The Morgan fingerprint density at radius 3 is 1.82 bits per heavy atom. The Labute approximate surface area is 197 Å². The lowest BCUT2D eigenvalue weighted by atomic mass is 10.1. The predicted molar refractivity (Wildman–Crippen MR) is 129 cm³/mol. The van der Waals surface area contributed by atoms with Crippen LogP contribution in [0.15, 0.2) is 70.3 Å². The maximum atomic E-state index is 12.9. The fourth-order valence-electron chi connectivity index (χ4n) is 3.66. The molecule has 0 saturated carbocycles. The molecule has 3 aromatic rings. The van der Waals surface area contributed by atoms with Crippen molar-refractivity contribution in [3.8, 4) is 0 Å². The minimum atomic E-state index is -3.63. The molecule has 0 atom stereocenters. The molecule has 0 spiro atoms. The first-order valence-electron chi connectivity index (χ1n) is 10.7. The number of carbonyl (C=O) groups is 2. The highest BCUT2D eigenvalue weighted by molar-refractivity contribution is 7.94. The van der Waals surface area contributed by atoms with Gasteiger partial charge >= 0.3 is 0 Å². The topological polar surface area (TPSA) is 86.8 Å². The number of thiophene rings is 1. The molecule has 7 nitrogen and oxygen atoms in total. The normalized spacial score (nSPS) is 14.2. The molecule has 9 heteroatoms. The third-order valence-electron chi connectivity index (χ3n) is 5.61. The van der Waals surface area contributed by atoms with Crippen LogP contribution in [0.1, 0.15) is 33.2 Å². The van der Waals surface area contributed by atoms with E-state index in [0.717, 1.165) is 17.8 Å². The van der Waals surface area contributed by atoms with Gasteiger partial charge in [0, 0.05) is 43.0 Å². The summed E-state index contributed by atoms with van der Waals surface area (Å²) >= 11 is 1.14. The number of amides is 2. The lowest BCUT2D eigenvalue weighted by molar-refractivity contribution is 0.0535. The van der Waals surface area contributed by atoms with Crippen LogP contribution in [0.2, 0.25) is 0 Å². The van der Waals surface area contributed by atoms with Gasteiger partial charge < -0.3 is 9.80 Å². The minimum Gasteiger partial charge on any atom is -0.335 e. The van der Waals surface area contributed by atoms with E-state index in [1.54, 1.807) is 45.5 Å². The standard InChI is InChI=1S/C24H25N3O4S2/c1-2-18-5-7-19(8-6-18)23(28)26-13-15-27(16-14-26)24(29)20-9-11-21(12-10-20)25-33(30,31)22-4-3-17-32-22/h3-12,17,25H,2,13-16H2,1H3. The fourth-order valence-corrected chi connectivity index (χ4v) is 5.71. The molecule has 0 aliphatic carbocycles. The molecule has 4 rings (SSSR count). The highest BCUT2D eigenvalue weighted by atomic mass is 32.2. The summed E-state index contributed by atoms with van der Waals surface area (Å²) in [6.45, 7) is 3.91. The van der Waals surface area contributed by atoms with E-state index in [0.29, 0.717) is 43.0 Å². The molecule has 2 heterocycles. The first-order valence-corrected chi connectivity index (χ1v) is 13.1. The zero-order valence-corrected chi connectivity index (χ0v) is 19.9. The van der Waals surface area contributed by atoms with Crippen LogP contribution in [-0.4, -0.2) is 56.2 Å². The van der Waals surface area contributed by atoms with E-state index in [2.05, 4.69) is 11.6 Å². The van der Waals surface area contributed by atoms with E-state index in [1.807, 2.05) is 24.3 Å². The van der Waals surface area contributed by atoms with Gasteiger partial charge in [0.1, 0.15) is 4.21 Å². The Bertz CT molecular complexity index is 1210. The van der Waals surface area contributed by atoms with E-state index in [-0.39, 0.29) is 16.0 Å². The Kier molecular flexibility index (Phi) is 6.80. The SMILES string of the molecule is CCc1ccc(C(=O)N2CCN(C(=O)c3ccc(NS(=O)(=O)c4cccs4)cc3)CC2)cc1. The van der Waals surface area contributed by atoms with Crippen LogP contribution in [0.4, 0.5) is 5.69 Å². The molecule has 0 bridgehead atoms. The van der Waals surface area contributed by atoms with Gasteiger partial charge in [0.2, 0.25) is 0 Å². The number of carbonyl (C=O) groups excluding carboxylic acids is 2. The fraction of sp³-hybridized carbons (Fsp3) is 0.250. The van der Waals surface area contributed by atoms with Crippen molar-refractivity contribution in [3.63, 3.8) is 0 Å². The highest BCUT2D eigenvalue weighted by Crippen LogP contribution is 2.21. The number of hydrogen-bond acceptors (Lipinski definition) is 5. The van der Waals surface area contributed by atoms with Crippen molar-refractivity contribution in [1.29, 1.82) is 0 Å². The van der Waals surface area contributed by atoms with E-state index < -0.39 is 10.0 Å². The number of piperazine rings is 1. The number of anilines is 1. The Hall–Kier alpha value is -3.17. The third-order valence-corrected chi connectivity index (χ3v) is 8.39. The molecule has 172 valence electrons. The number of benzene rings is 2. The molecule has 0 radical (unpaired) electrons. The average Bonchev–Trinajstić information content (AvgIpc) is 3.40. The Morgan fingerprint density at radius 1 is 0.848 bits per heavy atom. The van der Waals surface area contributed by atoms with Gasteiger partial charge in [-0.2, -0.15) is 0 Å². The first kappa shape index (κ1) is 23.0. The van der Waals surface area contributed by atoms with E-state index in [4.69, 9.17) is 0 Å². The largest absolute Gasteiger partial charge is 0.335 e. The second-order valence-corrected chi connectivity index (χ2v) is 10.6. The van der Waals surface area contributed by atoms with Gasteiger partial charge in [0.25, 0.3) is 21.8 Å². The van der Waals surface area contributed by atoms with Crippen molar-refractivity contribution in [2.24, 2.45) is 0 Å². The summed E-state index contributed by atoms with van der Waals surface area (Å²) in [4.78, 5) is 29.1. The van der Waals surface area contributed by atoms with Crippen molar-refractivity contribution in [3.05, 3.63) is 82.7 Å². The van der Waals surface area contributed by atoms with Crippen LogP contribution in [0.3, 0.4) is 0 Å². The van der Waals surface area contributed by atoms with E-state index in [9.17, 15) is 18.0 Å². The molecule has 1 N–H and O–H groups in total. The van der Waals surface area contributed by atoms with E-state index >= 15 is 0 Å². The number of nitrogens with zero attached hydrogens (tertiary/aromatic N) is 2. The Morgan fingerprint density at radius 2 is 1.36 bits per heavy atom. The lowest BCUT2D eigenvalue weighted by Gasteiger charge is -2.35. The predicted octanol–water partition coefficient (Wildman–Crippen LogP) is 3.71. The molecule has 1 aliphatic heterocycles. The number of aryl methyl sites for hydroxylation is 1. The molecule has 1 saturated heterocycles. The second kappa shape index (κ2) is 9.76. The summed E-state index contributed by atoms with van der Waals surface area (Å²) in [6, 6.07) is 17.2. The number of nitrogens with one attached hydrogen (secondary N) is 1. The second-order valence-electron chi connectivity index (χ2n) is 7.75. The van der Waals surface area contributed by atoms with Gasteiger partial charge in [-0.25, -0.2) is 8.42 Å². The van der Waals surface area contributed by atoms with Gasteiger partial charge in [-0.3, -0.25) is 14.3 Å². The van der Waals surface area contributed by atoms with Crippen molar-refractivity contribution in [2.75, 3.05) is 30.9 Å². The first-order chi connectivity index (χ1) is 15.9. The van der Waals surface area contributed by atoms with Crippen LogP contribution in [-0.2, 0) is 16.4 Å². The summed E-state index contributed by atoms with van der Waals surface area (Å²) in [5, 5.41) is 1.70. The van der Waals surface area contributed by atoms with Gasteiger partial charge in [-0.1, -0.05) is 25.1 Å². The average molecular weight is 484 g/mol. The lowest BCUT2D eigenvalue weighted by Crippen LogP contribution is -2.50. The molecule has 0 unspecified atom stereocenters. The van der Waals surface area contributed by atoms with Gasteiger partial charge in [0.05, 0.1) is 0 Å². The van der Waals surface area contributed by atoms with Gasteiger partial charge in [-0.05, 0) is 59.8 Å². The third kappa shape index (κ3) is 5.26. The number of rotatable bonds is 6. The molecular formula is C24H25N3O4S2. The summed E-state index contributed by atoms with van der Waals surface area (Å²) in [5.74, 6) is -0.158. The zero-order chi connectivity index (χ0) is 23.4. The minimum absolute atomic E-state index is 0.0212. The Balaban J connectivity index is 1.34. The quantitative estimate of drug-likeness (QED) is 0.579. The molecule has 1 aliphatic rings. The van der Waals surface area contributed by atoms with Gasteiger partial charge in [-0.15, -0.1) is 11.3 Å². The van der Waals surface area contributed by atoms with Crippen LogP contribution in [0.5, 0.6) is 0 Å². The van der Waals surface area contributed by atoms with Crippen LogP contribution < -0.4 is 4.72 Å². The smallest absolute Gasteiger partial charge is 0.271 e. The monoisotopic (exact) mass is 483 g/mol. The van der Waals surface area contributed by atoms with Crippen molar-refractivity contribution >= 4 is 38.9 Å². The van der Waals surface area contributed by atoms with Crippen molar-refractivity contribution in [1.82, 2.24) is 9.80 Å². The van der Waals surface area contributed by atoms with Crippen LogP contribution >= 0.6 is 11.3 Å². The number of hydrogen-bond donors (Lipinski definition) is 1. The number of sulfonamides is 1.